The van der Waals surface area contributed by atoms with Gasteiger partial charge in [0.25, 0.3) is 0 Å². The van der Waals surface area contributed by atoms with Crippen molar-refractivity contribution in [3.05, 3.63) is 0 Å². The first-order valence-corrected chi connectivity index (χ1v) is 7.21. The first-order chi connectivity index (χ1) is 8.85. The number of halogens is 1. The normalized spacial score (nSPS) is 26.7. The lowest BCUT2D eigenvalue weighted by atomic mass is 10.1. The summed E-state index contributed by atoms with van der Waals surface area (Å²) in [4.78, 5) is 16.1. The van der Waals surface area contributed by atoms with Gasteiger partial charge in [0.15, 0.2) is 0 Å². The van der Waals surface area contributed by atoms with E-state index >= 15 is 0 Å². The Labute approximate surface area is 114 Å². The molecule has 2 aliphatic rings. The summed E-state index contributed by atoms with van der Waals surface area (Å²) < 4.78 is 18.5. The van der Waals surface area contributed by atoms with E-state index in [2.05, 4.69) is 4.90 Å². The fraction of sp³-hybridized carbons (Fsp3) is 0.929. The van der Waals surface area contributed by atoms with Crippen molar-refractivity contribution < 1.29 is 13.9 Å². The molecule has 4 nitrogen and oxygen atoms in total. The van der Waals surface area contributed by atoms with Crippen molar-refractivity contribution in [1.29, 1.82) is 0 Å². The number of alkyl halides is 1. The summed E-state index contributed by atoms with van der Waals surface area (Å²) in [7, 11) is 0. The van der Waals surface area contributed by atoms with Crippen LogP contribution in [0.2, 0.25) is 0 Å². The number of rotatable bonds is 1. The Kier molecular flexibility index (Phi) is 4.33. The van der Waals surface area contributed by atoms with Crippen LogP contribution in [0.4, 0.5) is 9.18 Å². The van der Waals surface area contributed by atoms with E-state index in [4.69, 9.17) is 4.74 Å². The highest BCUT2D eigenvalue weighted by molar-refractivity contribution is 5.68. The summed E-state index contributed by atoms with van der Waals surface area (Å²) in [5.74, 6) is 0. The van der Waals surface area contributed by atoms with E-state index < -0.39 is 11.8 Å². The number of likely N-dealkylation sites (tertiary alicyclic amines) is 2. The van der Waals surface area contributed by atoms with Gasteiger partial charge in [-0.2, -0.15) is 0 Å². The maximum absolute atomic E-state index is 13.1. The molecule has 110 valence electrons. The van der Waals surface area contributed by atoms with Crippen LogP contribution in [0.1, 0.15) is 40.0 Å². The van der Waals surface area contributed by atoms with E-state index in [1.807, 2.05) is 20.8 Å². The molecule has 19 heavy (non-hydrogen) atoms. The second kappa shape index (κ2) is 5.65. The molecule has 1 amide bonds. The zero-order chi connectivity index (χ0) is 14.0. The molecule has 0 bridgehead atoms. The van der Waals surface area contributed by atoms with E-state index in [1.54, 1.807) is 4.90 Å². The molecule has 2 aliphatic heterocycles. The van der Waals surface area contributed by atoms with Crippen molar-refractivity contribution >= 4 is 6.09 Å². The molecule has 1 atom stereocenters. The van der Waals surface area contributed by atoms with Crippen molar-refractivity contribution in [2.24, 2.45) is 0 Å². The van der Waals surface area contributed by atoms with Crippen molar-refractivity contribution in [3.63, 3.8) is 0 Å². The van der Waals surface area contributed by atoms with Crippen LogP contribution in [0.25, 0.3) is 0 Å². The van der Waals surface area contributed by atoms with Crippen LogP contribution in [0.5, 0.6) is 0 Å². The monoisotopic (exact) mass is 272 g/mol. The molecule has 0 aromatic heterocycles. The molecule has 0 aromatic carbocycles. The Morgan fingerprint density at radius 2 is 1.79 bits per heavy atom. The molecule has 2 saturated heterocycles. The second-order valence-electron chi connectivity index (χ2n) is 6.58. The van der Waals surface area contributed by atoms with Gasteiger partial charge in [0.05, 0.1) is 0 Å². The highest BCUT2D eigenvalue weighted by atomic mass is 19.1. The summed E-state index contributed by atoms with van der Waals surface area (Å²) >= 11 is 0. The van der Waals surface area contributed by atoms with Gasteiger partial charge in [0, 0.05) is 32.2 Å². The molecule has 0 radical (unpaired) electrons. The fourth-order valence-electron chi connectivity index (χ4n) is 2.77. The smallest absolute Gasteiger partial charge is 0.410 e. The lowest BCUT2D eigenvalue weighted by molar-refractivity contribution is 0.0271. The predicted octanol–water partition coefficient (Wildman–Crippen LogP) is 2.43. The predicted molar refractivity (Wildman–Crippen MR) is 71.9 cm³/mol. The van der Waals surface area contributed by atoms with Crippen LogP contribution in [0.15, 0.2) is 0 Å². The summed E-state index contributed by atoms with van der Waals surface area (Å²) in [6.45, 7) is 8.72. The Morgan fingerprint density at radius 1 is 1.16 bits per heavy atom. The molecule has 0 saturated carbocycles. The van der Waals surface area contributed by atoms with Crippen molar-refractivity contribution in [1.82, 2.24) is 9.80 Å². The van der Waals surface area contributed by atoms with Crippen molar-refractivity contribution in [2.75, 3.05) is 26.2 Å². The minimum atomic E-state index is -0.639. The minimum absolute atomic E-state index is 0.227. The number of nitrogens with zero attached hydrogens (tertiary/aromatic N) is 2. The Morgan fingerprint density at radius 3 is 2.37 bits per heavy atom. The van der Waals surface area contributed by atoms with Gasteiger partial charge in [-0.3, -0.25) is 4.90 Å². The van der Waals surface area contributed by atoms with Crippen LogP contribution in [0, 0.1) is 0 Å². The molecule has 2 heterocycles. The van der Waals surface area contributed by atoms with Gasteiger partial charge in [-0.05, 0) is 40.0 Å². The molecule has 0 aliphatic carbocycles. The summed E-state index contributed by atoms with van der Waals surface area (Å²) in [6, 6.07) is 0.375. The average molecular weight is 272 g/mol. The molecule has 0 aromatic rings. The number of carbonyl (C=O) groups excluding carboxylic acids is 1. The zero-order valence-electron chi connectivity index (χ0n) is 12.2. The lowest BCUT2D eigenvalue weighted by Gasteiger charge is -2.33. The van der Waals surface area contributed by atoms with Crippen LogP contribution < -0.4 is 0 Å². The summed E-state index contributed by atoms with van der Waals surface area (Å²) in [5.41, 5.74) is -0.443. The summed E-state index contributed by atoms with van der Waals surface area (Å²) in [6.07, 6.45) is 1.36. The van der Waals surface area contributed by atoms with Crippen molar-refractivity contribution in [2.45, 2.75) is 57.8 Å². The first-order valence-electron chi connectivity index (χ1n) is 7.21. The van der Waals surface area contributed by atoms with Crippen LogP contribution in [-0.2, 0) is 4.74 Å². The molecule has 1 unspecified atom stereocenters. The first kappa shape index (κ1) is 14.6. The highest BCUT2D eigenvalue weighted by Crippen LogP contribution is 2.23. The molecule has 5 heteroatoms. The molecule has 2 fully saturated rings. The highest BCUT2D eigenvalue weighted by Gasteiger charge is 2.34. The lowest BCUT2D eigenvalue weighted by Crippen LogP contribution is -2.44. The SMILES string of the molecule is CC(C)(C)OC(=O)N1CCC(N2CCC(F)CC2)C1. The average Bonchev–Trinajstić information content (AvgIpc) is 2.77. The quantitative estimate of drug-likeness (QED) is 0.735. The maximum atomic E-state index is 13.1. The van der Waals surface area contributed by atoms with Gasteiger partial charge in [-0.25, -0.2) is 9.18 Å². The zero-order valence-corrected chi connectivity index (χ0v) is 12.2. The van der Waals surface area contributed by atoms with Gasteiger partial charge in [-0.15, -0.1) is 0 Å². The molecular weight excluding hydrogens is 247 g/mol. The number of hydrogen-bond acceptors (Lipinski definition) is 3. The minimum Gasteiger partial charge on any atom is -0.444 e. The van der Waals surface area contributed by atoms with Gasteiger partial charge in [0.1, 0.15) is 11.8 Å². The van der Waals surface area contributed by atoms with E-state index in [1.165, 1.54) is 0 Å². The third-order valence-electron chi connectivity index (χ3n) is 3.79. The Bertz CT molecular complexity index is 322. The molecule has 0 spiro atoms. The second-order valence-corrected chi connectivity index (χ2v) is 6.58. The van der Waals surface area contributed by atoms with Gasteiger partial charge in [0.2, 0.25) is 0 Å². The summed E-state index contributed by atoms with van der Waals surface area (Å²) in [5, 5.41) is 0. The topological polar surface area (TPSA) is 32.8 Å². The van der Waals surface area contributed by atoms with Crippen LogP contribution in [0.3, 0.4) is 0 Å². The van der Waals surface area contributed by atoms with Gasteiger partial charge in [-0.1, -0.05) is 0 Å². The van der Waals surface area contributed by atoms with E-state index in [0.717, 1.165) is 26.1 Å². The largest absolute Gasteiger partial charge is 0.444 e. The molecular formula is C14H25FN2O2. The number of hydrogen-bond donors (Lipinski definition) is 0. The van der Waals surface area contributed by atoms with E-state index in [-0.39, 0.29) is 6.09 Å². The maximum Gasteiger partial charge on any atom is 0.410 e. The van der Waals surface area contributed by atoms with Crippen LogP contribution >= 0.6 is 0 Å². The third kappa shape index (κ3) is 4.06. The van der Waals surface area contributed by atoms with Crippen molar-refractivity contribution in [3.8, 4) is 0 Å². The number of piperidine rings is 1. The Balaban J connectivity index is 1.81. The van der Waals surface area contributed by atoms with E-state index in [0.29, 0.717) is 25.4 Å². The van der Waals surface area contributed by atoms with Crippen LogP contribution in [-0.4, -0.2) is 59.9 Å². The van der Waals surface area contributed by atoms with E-state index in [9.17, 15) is 9.18 Å². The number of ether oxygens (including phenoxy) is 1. The number of carbonyl (C=O) groups is 1. The number of amides is 1. The standard InChI is InChI=1S/C14H25FN2O2/c1-14(2,3)19-13(18)17-9-6-12(10-17)16-7-4-11(15)5-8-16/h11-12H,4-10H2,1-3H3. The fourth-order valence-corrected chi connectivity index (χ4v) is 2.77. The Hall–Kier alpha value is -0.840. The van der Waals surface area contributed by atoms with Gasteiger partial charge < -0.3 is 9.64 Å². The third-order valence-corrected chi connectivity index (χ3v) is 3.79. The molecule has 0 N–H and O–H groups in total. The molecule has 2 rings (SSSR count). The van der Waals surface area contributed by atoms with Gasteiger partial charge >= 0.3 is 6.09 Å².